The van der Waals surface area contributed by atoms with Gasteiger partial charge in [0.15, 0.2) is 0 Å². The number of rotatable bonds is 9. The quantitative estimate of drug-likeness (QED) is 0.638. The minimum absolute atomic E-state index is 0.379. The van der Waals surface area contributed by atoms with Crippen molar-refractivity contribution in [2.24, 2.45) is 0 Å². The number of nitrogens with one attached hydrogen (secondary N) is 1. The van der Waals surface area contributed by atoms with Gasteiger partial charge in [-0.2, -0.15) is 0 Å². The van der Waals surface area contributed by atoms with Gasteiger partial charge in [-0.1, -0.05) is 32.1 Å². The lowest BCUT2D eigenvalue weighted by Gasteiger charge is -2.23. The molecule has 0 aromatic rings. The highest BCUT2D eigenvalue weighted by atomic mass is 16.5. The molecule has 2 N–H and O–H groups in total. The van der Waals surface area contributed by atoms with E-state index in [0.29, 0.717) is 25.4 Å². The zero-order valence-electron chi connectivity index (χ0n) is 12.7. The molecule has 1 unspecified atom stereocenters. The topological polar surface area (TPSA) is 50.7 Å². The van der Waals surface area contributed by atoms with Gasteiger partial charge in [0.25, 0.3) is 0 Å². The van der Waals surface area contributed by atoms with E-state index in [0.717, 1.165) is 26.0 Å². The van der Waals surface area contributed by atoms with Gasteiger partial charge < -0.3 is 19.9 Å². The second-order valence-electron chi connectivity index (χ2n) is 6.23. The Morgan fingerprint density at radius 1 is 0.900 bits per heavy atom. The van der Waals surface area contributed by atoms with E-state index < -0.39 is 6.10 Å². The highest BCUT2D eigenvalue weighted by Gasteiger charge is 2.16. The van der Waals surface area contributed by atoms with Gasteiger partial charge in [-0.15, -0.1) is 0 Å². The van der Waals surface area contributed by atoms with Gasteiger partial charge in [-0.25, -0.2) is 0 Å². The summed E-state index contributed by atoms with van der Waals surface area (Å²) >= 11 is 0. The Labute approximate surface area is 123 Å². The maximum atomic E-state index is 9.86. The molecule has 2 rings (SSSR count). The number of hydrogen-bond acceptors (Lipinski definition) is 4. The standard InChI is InChI=1S/C16H31NO3/c18-14(13-20-16-6-2-1-3-7-16)12-17-10-11-19-15-8-4-5-9-15/h14-18H,1-13H2. The molecule has 0 aromatic carbocycles. The Bertz CT molecular complexity index is 238. The Morgan fingerprint density at radius 2 is 1.50 bits per heavy atom. The molecule has 2 saturated carbocycles. The molecule has 0 radical (unpaired) electrons. The van der Waals surface area contributed by atoms with Crippen LogP contribution in [0.5, 0.6) is 0 Å². The number of hydrogen-bond donors (Lipinski definition) is 2. The van der Waals surface area contributed by atoms with Crippen LogP contribution in [0.2, 0.25) is 0 Å². The van der Waals surface area contributed by atoms with Crippen LogP contribution < -0.4 is 5.32 Å². The molecule has 0 saturated heterocycles. The van der Waals surface area contributed by atoms with E-state index in [1.165, 1.54) is 44.9 Å². The SMILES string of the molecule is OC(CNCCOC1CCCC1)COC1CCCCC1. The Kier molecular flexibility index (Phi) is 7.88. The van der Waals surface area contributed by atoms with E-state index in [4.69, 9.17) is 9.47 Å². The largest absolute Gasteiger partial charge is 0.389 e. The molecule has 118 valence electrons. The lowest BCUT2D eigenvalue weighted by molar-refractivity contribution is -0.0236. The minimum Gasteiger partial charge on any atom is -0.389 e. The van der Waals surface area contributed by atoms with Crippen LogP contribution in [-0.2, 0) is 9.47 Å². The van der Waals surface area contributed by atoms with E-state index in [-0.39, 0.29) is 0 Å². The summed E-state index contributed by atoms with van der Waals surface area (Å²) in [5, 5.41) is 13.1. The third kappa shape index (κ3) is 6.53. The summed E-state index contributed by atoms with van der Waals surface area (Å²) in [6, 6.07) is 0. The molecule has 2 aliphatic rings. The van der Waals surface area contributed by atoms with Crippen molar-refractivity contribution >= 4 is 0 Å². The van der Waals surface area contributed by atoms with Gasteiger partial charge in [-0.3, -0.25) is 0 Å². The van der Waals surface area contributed by atoms with Crippen molar-refractivity contribution in [2.75, 3.05) is 26.3 Å². The van der Waals surface area contributed by atoms with Gasteiger partial charge in [0, 0.05) is 13.1 Å². The van der Waals surface area contributed by atoms with Crippen LogP contribution in [0.1, 0.15) is 57.8 Å². The Morgan fingerprint density at radius 3 is 2.20 bits per heavy atom. The van der Waals surface area contributed by atoms with Gasteiger partial charge in [0.1, 0.15) is 0 Å². The fraction of sp³-hybridized carbons (Fsp3) is 1.00. The van der Waals surface area contributed by atoms with Crippen molar-refractivity contribution in [1.82, 2.24) is 5.32 Å². The van der Waals surface area contributed by atoms with Crippen molar-refractivity contribution in [3.05, 3.63) is 0 Å². The normalized spacial score (nSPS) is 23.2. The molecule has 0 bridgehead atoms. The average Bonchev–Trinajstić information content (AvgIpc) is 2.99. The van der Waals surface area contributed by atoms with E-state index in [2.05, 4.69) is 5.32 Å². The average molecular weight is 285 g/mol. The zero-order valence-corrected chi connectivity index (χ0v) is 12.7. The summed E-state index contributed by atoms with van der Waals surface area (Å²) in [5.74, 6) is 0. The summed E-state index contributed by atoms with van der Waals surface area (Å²) in [5.41, 5.74) is 0. The van der Waals surface area contributed by atoms with Crippen molar-refractivity contribution < 1.29 is 14.6 Å². The molecule has 2 aliphatic carbocycles. The van der Waals surface area contributed by atoms with E-state index in [9.17, 15) is 5.11 Å². The molecule has 0 amide bonds. The van der Waals surface area contributed by atoms with E-state index >= 15 is 0 Å². The van der Waals surface area contributed by atoms with Crippen LogP contribution in [0.3, 0.4) is 0 Å². The van der Waals surface area contributed by atoms with Crippen molar-refractivity contribution in [3.63, 3.8) is 0 Å². The summed E-state index contributed by atoms with van der Waals surface area (Å²) in [4.78, 5) is 0. The van der Waals surface area contributed by atoms with Crippen LogP contribution in [-0.4, -0.2) is 49.7 Å². The van der Waals surface area contributed by atoms with Crippen molar-refractivity contribution in [2.45, 2.75) is 76.1 Å². The first-order valence-corrected chi connectivity index (χ1v) is 8.46. The van der Waals surface area contributed by atoms with Gasteiger partial charge >= 0.3 is 0 Å². The van der Waals surface area contributed by atoms with Gasteiger partial charge in [-0.05, 0) is 25.7 Å². The number of ether oxygens (including phenoxy) is 2. The molecular formula is C16H31NO3. The van der Waals surface area contributed by atoms with E-state index in [1.807, 2.05) is 0 Å². The van der Waals surface area contributed by atoms with Crippen LogP contribution >= 0.6 is 0 Å². The molecule has 4 heteroatoms. The molecule has 0 aliphatic heterocycles. The zero-order chi connectivity index (χ0) is 14.0. The van der Waals surface area contributed by atoms with Crippen molar-refractivity contribution in [3.8, 4) is 0 Å². The molecule has 2 fully saturated rings. The van der Waals surface area contributed by atoms with Gasteiger partial charge in [0.2, 0.25) is 0 Å². The molecule has 0 aromatic heterocycles. The number of aliphatic hydroxyl groups excluding tert-OH is 1. The Balaban J connectivity index is 1.40. The van der Waals surface area contributed by atoms with Crippen LogP contribution in [0.4, 0.5) is 0 Å². The summed E-state index contributed by atoms with van der Waals surface area (Å²) < 4.78 is 11.5. The predicted molar refractivity (Wildman–Crippen MR) is 79.9 cm³/mol. The fourth-order valence-electron chi connectivity index (χ4n) is 3.16. The van der Waals surface area contributed by atoms with Crippen LogP contribution in [0.25, 0.3) is 0 Å². The first-order chi connectivity index (χ1) is 9.84. The number of aliphatic hydroxyl groups is 1. The second-order valence-corrected chi connectivity index (χ2v) is 6.23. The summed E-state index contributed by atoms with van der Waals surface area (Å²) in [6.45, 7) is 2.62. The maximum Gasteiger partial charge on any atom is 0.0897 e. The molecule has 20 heavy (non-hydrogen) atoms. The molecule has 1 atom stereocenters. The predicted octanol–water partition coefficient (Wildman–Crippen LogP) is 2.25. The Hall–Kier alpha value is -0.160. The minimum atomic E-state index is -0.400. The molecular weight excluding hydrogens is 254 g/mol. The second kappa shape index (κ2) is 9.72. The smallest absolute Gasteiger partial charge is 0.0897 e. The van der Waals surface area contributed by atoms with Gasteiger partial charge in [0.05, 0.1) is 31.5 Å². The third-order valence-corrected chi connectivity index (χ3v) is 4.39. The molecule has 4 nitrogen and oxygen atoms in total. The third-order valence-electron chi connectivity index (χ3n) is 4.39. The highest BCUT2D eigenvalue weighted by molar-refractivity contribution is 4.68. The lowest BCUT2D eigenvalue weighted by Crippen LogP contribution is -2.34. The summed E-state index contributed by atoms with van der Waals surface area (Å²) in [7, 11) is 0. The fourth-order valence-corrected chi connectivity index (χ4v) is 3.16. The highest BCUT2D eigenvalue weighted by Crippen LogP contribution is 2.21. The molecule has 0 spiro atoms. The lowest BCUT2D eigenvalue weighted by atomic mass is 9.98. The first-order valence-electron chi connectivity index (χ1n) is 8.46. The molecule has 0 heterocycles. The van der Waals surface area contributed by atoms with Crippen LogP contribution in [0, 0.1) is 0 Å². The maximum absolute atomic E-state index is 9.86. The van der Waals surface area contributed by atoms with E-state index in [1.54, 1.807) is 0 Å². The first kappa shape index (κ1) is 16.2. The summed E-state index contributed by atoms with van der Waals surface area (Å²) in [6.07, 6.45) is 11.7. The monoisotopic (exact) mass is 285 g/mol. The van der Waals surface area contributed by atoms with Crippen molar-refractivity contribution in [1.29, 1.82) is 0 Å². The van der Waals surface area contributed by atoms with Crippen LogP contribution in [0.15, 0.2) is 0 Å².